The summed E-state index contributed by atoms with van der Waals surface area (Å²) >= 11 is 0. The number of ether oxygens (including phenoxy) is 1. The van der Waals surface area contributed by atoms with Gasteiger partial charge in [0.25, 0.3) is 0 Å². The Morgan fingerprint density at radius 1 is 1.27 bits per heavy atom. The van der Waals surface area contributed by atoms with Crippen molar-refractivity contribution in [2.24, 2.45) is 0 Å². The van der Waals surface area contributed by atoms with E-state index >= 15 is 0 Å². The van der Waals surface area contributed by atoms with Crippen LogP contribution < -0.4 is 10.2 Å². The molecule has 0 saturated carbocycles. The van der Waals surface area contributed by atoms with Crippen LogP contribution in [0, 0.1) is 0 Å². The van der Waals surface area contributed by atoms with E-state index in [0.29, 0.717) is 6.54 Å². The predicted octanol–water partition coefficient (Wildman–Crippen LogP) is 2.59. The first-order valence-corrected chi connectivity index (χ1v) is 6.94. The fourth-order valence-corrected chi connectivity index (χ4v) is 1.74. The van der Waals surface area contributed by atoms with Gasteiger partial charge in [0, 0.05) is 25.3 Å². The molecule has 2 atom stereocenters. The number of hydrogen-bond donors (Lipinski definition) is 1. The number of hydrogen-bond acceptors (Lipinski definition) is 3. The average Bonchev–Trinajstić information content (AvgIpc) is 2.49. The molecule has 0 aliphatic rings. The molecular weight excluding hydrogens is 297 g/mol. The normalized spacial score (nSPS) is 14.3. The van der Waals surface area contributed by atoms with Gasteiger partial charge in [0.2, 0.25) is 5.91 Å². The highest BCUT2D eigenvalue weighted by Gasteiger charge is 2.30. The van der Waals surface area contributed by atoms with Crippen LogP contribution in [0.25, 0.3) is 0 Å². The Balaban J connectivity index is 2.40. The molecule has 1 amide bonds. The third-order valence-electron chi connectivity index (χ3n) is 3.26. The van der Waals surface area contributed by atoms with Crippen molar-refractivity contribution in [3.8, 4) is 0 Å². The zero-order valence-electron chi connectivity index (χ0n) is 12.9. The summed E-state index contributed by atoms with van der Waals surface area (Å²) in [5.74, 6) is -0.558. The summed E-state index contributed by atoms with van der Waals surface area (Å²) in [5.41, 5.74) is 0.991. The molecule has 1 aromatic rings. The number of rotatable bonds is 7. The number of likely N-dealkylation sites (N-methyl/N-ethyl adjacent to an activating group) is 1. The first-order chi connectivity index (χ1) is 10.2. The molecule has 0 spiro atoms. The van der Waals surface area contributed by atoms with Crippen molar-refractivity contribution in [1.82, 2.24) is 5.32 Å². The van der Waals surface area contributed by atoms with E-state index in [1.165, 1.54) is 6.92 Å². The lowest BCUT2D eigenvalue weighted by molar-refractivity contribution is -0.185. The van der Waals surface area contributed by atoms with Gasteiger partial charge in [-0.3, -0.25) is 4.79 Å². The molecule has 0 radical (unpaired) electrons. The van der Waals surface area contributed by atoms with Gasteiger partial charge in [-0.2, -0.15) is 13.2 Å². The van der Waals surface area contributed by atoms with E-state index < -0.39 is 24.8 Å². The lowest BCUT2D eigenvalue weighted by atomic mass is 10.2. The minimum atomic E-state index is -4.44. The van der Waals surface area contributed by atoms with Crippen LogP contribution in [0.2, 0.25) is 0 Å². The smallest absolute Gasteiger partial charge is 0.370 e. The topological polar surface area (TPSA) is 41.6 Å². The second kappa shape index (κ2) is 8.03. The Hall–Kier alpha value is -1.76. The third kappa shape index (κ3) is 6.34. The minimum Gasteiger partial charge on any atom is -0.370 e. The maximum atomic E-state index is 12.0. The molecule has 124 valence electrons. The van der Waals surface area contributed by atoms with E-state index in [0.717, 1.165) is 5.69 Å². The Labute approximate surface area is 128 Å². The van der Waals surface area contributed by atoms with Gasteiger partial charge in [0.1, 0.15) is 12.7 Å². The van der Waals surface area contributed by atoms with Crippen LogP contribution >= 0.6 is 0 Å². The van der Waals surface area contributed by atoms with Crippen LogP contribution in [0.15, 0.2) is 30.3 Å². The summed E-state index contributed by atoms with van der Waals surface area (Å²) in [7, 11) is 1.88. The molecule has 0 aliphatic carbocycles. The van der Waals surface area contributed by atoms with Crippen LogP contribution in [0.3, 0.4) is 0 Å². The van der Waals surface area contributed by atoms with Gasteiger partial charge in [-0.1, -0.05) is 18.2 Å². The second-order valence-corrected chi connectivity index (χ2v) is 5.11. The zero-order valence-corrected chi connectivity index (χ0v) is 12.9. The van der Waals surface area contributed by atoms with E-state index in [1.807, 2.05) is 49.2 Å². The molecule has 7 heteroatoms. The van der Waals surface area contributed by atoms with Crippen LogP contribution in [0.5, 0.6) is 0 Å². The molecular formula is C15H21F3N2O2. The number of anilines is 1. The van der Waals surface area contributed by atoms with Crippen molar-refractivity contribution in [2.45, 2.75) is 32.2 Å². The Morgan fingerprint density at radius 3 is 2.41 bits per heavy atom. The molecule has 0 fully saturated rings. The quantitative estimate of drug-likeness (QED) is 0.840. The fourth-order valence-electron chi connectivity index (χ4n) is 1.74. The van der Waals surface area contributed by atoms with E-state index in [-0.39, 0.29) is 6.04 Å². The van der Waals surface area contributed by atoms with E-state index in [4.69, 9.17) is 0 Å². The number of benzene rings is 1. The summed E-state index contributed by atoms with van der Waals surface area (Å²) in [6.07, 6.45) is -5.58. The number of amides is 1. The number of halogens is 3. The molecule has 0 saturated heterocycles. The third-order valence-corrected chi connectivity index (χ3v) is 3.26. The van der Waals surface area contributed by atoms with Gasteiger partial charge in [0.05, 0.1) is 0 Å². The van der Waals surface area contributed by atoms with Crippen molar-refractivity contribution >= 4 is 11.6 Å². The molecule has 22 heavy (non-hydrogen) atoms. The lowest BCUT2D eigenvalue weighted by Gasteiger charge is -2.27. The largest absolute Gasteiger partial charge is 0.411 e. The molecule has 0 heterocycles. The molecule has 0 aromatic heterocycles. The van der Waals surface area contributed by atoms with Crippen molar-refractivity contribution in [3.63, 3.8) is 0 Å². The number of carbonyl (C=O) groups is 1. The summed E-state index contributed by atoms with van der Waals surface area (Å²) in [6, 6.07) is 9.58. The standard InChI is InChI=1S/C15H21F3N2O2/c1-11(20(3)13-7-5-4-6-8-13)9-19-14(21)12(2)22-10-15(16,17)18/h4-8,11-12H,9-10H2,1-3H3,(H,19,21)/t11-,12-/m0/s1. The van der Waals surface area contributed by atoms with Gasteiger partial charge < -0.3 is 15.0 Å². The highest BCUT2D eigenvalue weighted by molar-refractivity contribution is 5.80. The van der Waals surface area contributed by atoms with Gasteiger partial charge in [-0.15, -0.1) is 0 Å². The van der Waals surface area contributed by atoms with Crippen molar-refractivity contribution in [3.05, 3.63) is 30.3 Å². The molecule has 4 nitrogen and oxygen atoms in total. The highest BCUT2D eigenvalue weighted by atomic mass is 19.4. The molecule has 1 rings (SSSR count). The Morgan fingerprint density at radius 2 is 1.86 bits per heavy atom. The molecule has 0 bridgehead atoms. The highest BCUT2D eigenvalue weighted by Crippen LogP contribution is 2.16. The van der Waals surface area contributed by atoms with Crippen LogP contribution in [0.1, 0.15) is 13.8 Å². The number of nitrogens with one attached hydrogen (secondary N) is 1. The SMILES string of the molecule is C[C@H](OCC(F)(F)F)C(=O)NC[C@H](C)N(C)c1ccccc1. The summed E-state index contributed by atoms with van der Waals surface area (Å²) in [5, 5.41) is 2.60. The van der Waals surface area contributed by atoms with Crippen molar-refractivity contribution in [2.75, 3.05) is 25.1 Å². The second-order valence-electron chi connectivity index (χ2n) is 5.11. The number of alkyl halides is 3. The van der Waals surface area contributed by atoms with Crippen LogP contribution in [0.4, 0.5) is 18.9 Å². The lowest BCUT2D eigenvalue weighted by Crippen LogP contribution is -2.44. The monoisotopic (exact) mass is 318 g/mol. The Kier molecular flexibility index (Phi) is 6.67. The summed E-state index contributed by atoms with van der Waals surface area (Å²) in [6.45, 7) is 2.09. The van der Waals surface area contributed by atoms with Crippen LogP contribution in [-0.4, -0.2) is 44.4 Å². The molecule has 0 aliphatic heterocycles. The zero-order chi connectivity index (χ0) is 16.8. The number of para-hydroxylation sites is 1. The maximum Gasteiger partial charge on any atom is 0.411 e. The number of carbonyl (C=O) groups excluding carboxylic acids is 1. The fraction of sp³-hybridized carbons (Fsp3) is 0.533. The summed E-state index contributed by atoms with van der Waals surface area (Å²) in [4.78, 5) is 13.7. The molecule has 1 aromatic carbocycles. The van der Waals surface area contributed by atoms with E-state index in [2.05, 4.69) is 10.1 Å². The predicted molar refractivity (Wildman–Crippen MR) is 78.8 cm³/mol. The van der Waals surface area contributed by atoms with Gasteiger partial charge in [-0.05, 0) is 26.0 Å². The van der Waals surface area contributed by atoms with E-state index in [1.54, 1.807) is 0 Å². The van der Waals surface area contributed by atoms with Gasteiger partial charge in [-0.25, -0.2) is 0 Å². The molecule has 0 unspecified atom stereocenters. The first kappa shape index (κ1) is 18.3. The van der Waals surface area contributed by atoms with Gasteiger partial charge in [0.15, 0.2) is 0 Å². The van der Waals surface area contributed by atoms with Gasteiger partial charge >= 0.3 is 6.18 Å². The maximum absolute atomic E-state index is 12.0. The summed E-state index contributed by atoms with van der Waals surface area (Å²) < 4.78 is 40.6. The first-order valence-electron chi connectivity index (χ1n) is 6.94. The van der Waals surface area contributed by atoms with E-state index in [9.17, 15) is 18.0 Å². The Bertz CT molecular complexity index is 466. The molecule has 1 N–H and O–H groups in total. The minimum absolute atomic E-state index is 0.0128. The van der Waals surface area contributed by atoms with Crippen molar-refractivity contribution in [1.29, 1.82) is 0 Å². The average molecular weight is 318 g/mol. The number of nitrogens with zero attached hydrogens (tertiary/aromatic N) is 1. The van der Waals surface area contributed by atoms with Crippen molar-refractivity contribution < 1.29 is 22.7 Å². The van der Waals surface area contributed by atoms with Crippen LogP contribution in [-0.2, 0) is 9.53 Å².